The van der Waals surface area contributed by atoms with Gasteiger partial charge in [-0.25, -0.2) is 0 Å². The van der Waals surface area contributed by atoms with Gasteiger partial charge in [-0.1, -0.05) is 29.3 Å². The van der Waals surface area contributed by atoms with E-state index in [1.807, 2.05) is 12.1 Å². The maximum Gasteiger partial charge on any atom is 0.234 e. The van der Waals surface area contributed by atoms with Crippen LogP contribution in [0.5, 0.6) is 0 Å². The Kier molecular flexibility index (Phi) is 6.00. The first-order chi connectivity index (χ1) is 11.6. The molecular formula is C17H22Cl2N2O3. The normalized spacial score (nSPS) is 27.8. The lowest BCUT2D eigenvalue weighted by molar-refractivity contribution is -0.165. The van der Waals surface area contributed by atoms with Gasteiger partial charge in [-0.2, -0.15) is 0 Å². The molecule has 0 saturated carbocycles. The summed E-state index contributed by atoms with van der Waals surface area (Å²) in [6.07, 6.45) is 3.75. The molecular weight excluding hydrogens is 351 g/mol. The first-order valence-electron chi connectivity index (χ1n) is 8.29. The predicted octanol–water partition coefficient (Wildman–Crippen LogP) is 2.84. The third-order valence-electron chi connectivity index (χ3n) is 4.62. The molecule has 1 aromatic carbocycles. The largest absolute Gasteiger partial charge is 0.353 e. The average molecular weight is 373 g/mol. The van der Waals surface area contributed by atoms with Crippen molar-refractivity contribution >= 4 is 29.1 Å². The van der Waals surface area contributed by atoms with Gasteiger partial charge in [-0.3, -0.25) is 10.1 Å². The van der Waals surface area contributed by atoms with Crippen molar-refractivity contribution in [3.8, 4) is 0 Å². The Hall–Kier alpha value is -0.850. The molecule has 5 nitrogen and oxygen atoms in total. The molecule has 2 atom stereocenters. The van der Waals surface area contributed by atoms with E-state index >= 15 is 0 Å². The zero-order valence-electron chi connectivity index (χ0n) is 13.4. The van der Waals surface area contributed by atoms with Crippen LogP contribution in [0.1, 0.15) is 31.2 Å². The van der Waals surface area contributed by atoms with Crippen molar-refractivity contribution in [2.75, 3.05) is 26.3 Å². The fourth-order valence-corrected chi connectivity index (χ4v) is 3.45. The Morgan fingerprint density at radius 1 is 1.29 bits per heavy atom. The summed E-state index contributed by atoms with van der Waals surface area (Å²) in [5.41, 5.74) is 0.571. The fourth-order valence-electron chi connectivity index (χ4n) is 3.15. The summed E-state index contributed by atoms with van der Waals surface area (Å²) in [7, 11) is 0. The van der Waals surface area contributed by atoms with E-state index in [4.69, 9.17) is 32.7 Å². The molecule has 0 aliphatic carbocycles. The lowest BCUT2D eigenvalue weighted by atomic mass is 9.85. The summed E-state index contributed by atoms with van der Waals surface area (Å²) in [4.78, 5) is 11.6. The lowest BCUT2D eigenvalue weighted by Gasteiger charge is -2.39. The Balaban J connectivity index is 1.70. The molecule has 2 saturated heterocycles. The van der Waals surface area contributed by atoms with Crippen LogP contribution in [-0.2, 0) is 19.8 Å². The molecule has 0 radical (unpaired) electrons. The quantitative estimate of drug-likeness (QED) is 0.834. The number of halogens is 2. The van der Waals surface area contributed by atoms with Crippen LogP contribution in [-0.4, -0.2) is 38.5 Å². The van der Waals surface area contributed by atoms with Gasteiger partial charge in [0, 0.05) is 13.2 Å². The number of benzene rings is 1. The molecule has 0 spiro atoms. The predicted molar refractivity (Wildman–Crippen MR) is 93.3 cm³/mol. The Morgan fingerprint density at radius 3 is 2.83 bits per heavy atom. The van der Waals surface area contributed by atoms with E-state index in [0.717, 1.165) is 31.4 Å². The summed E-state index contributed by atoms with van der Waals surface area (Å²) in [6.45, 7) is 2.05. The molecule has 24 heavy (non-hydrogen) atoms. The minimum Gasteiger partial charge on any atom is -0.353 e. The van der Waals surface area contributed by atoms with Crippen LogP contribution in [0.15, 0.2) is 18.2 Å². The molecule has 2 N–H and O–H groups in total. The molecule has 1 aromatic rings. The van der Waals surface area contributed by atoms with Gasteiger partial charge in [0.25, 0.3) is 0 Å². The van der Waals surface area contributed by atoms with Gasteiger partial charge < -0.3 is 14.8 Å². The standard InChI is InChI=1S/C17H22Cl2N2O3/c18-13-5-4-12(9-14(13)19)17(11-20-15(22)10-21-17)6-8-24-16-3-1-2-7-23-16/h4-5,9,16,21H,1-3,6-8,10-11H2,(H,20,22). The summed E-state index contributed by atoms with van der Waals surface area (Å²) in [6, 6.07) is 5.57. The Bertz CT molecular complexity index is 581. The maximum absolute atomic E-state index is 11.6. The number of rotatable bonds is 5. The van der Waals surface area contributed by atoms with Crippen LogP contribution >= 0.6 is 23.2 Å². The molecule has 2 unspecified atom stereocenters. The first-order valence-corrected chi connectivity index (χ1v) is 9.05. The maximum atomic E-state index is 11.6. The third kappa shape index (κ3) is 4.21. The summed E-state index contributed by atoms with van der Waals surface area (Å²) >= 11 is 12.2. The Morgan fingerprint density at radius 2 is 2.17 bits per heavy atom. The van der Waals surface area contributed by atoms with Crippen LogP contribution in [0, 0.1) is 0 Å². The molecule has 2 fully saturated rings. The molecule has 0 aromatic heterocycles. The van der Waals surface area contributed by atoms with E-state index in [2.05, 4.69) is 10.6 Å². The second-order valence-electron chi connectivity index (χ2n) is 6.26. The van der Waals surface area contributed by atoms with Crippen LogP contribution in [0.3, 0.4) is 0 Å². The number of hydrogen-bond acceptors (Lipinski definition) is 4. The van der Waals surface area contributed by atoms with Gasteiger partial charge in [0.15, 0.2) is 6.29 Å². The van der Waals surface area contributed by atoms with Gasteiger partial charge >= 0.3 is 0 Å². The molecule has 132 valence electrons. The molecule has 1 amide bonds. The van der Waals surface area contributed by atoms with E-state index in [1.165, 1.54) is 0 Å². The minimum atomic E-state index is -0.420. The zero-order valence-corrected chi connectivity index (χ0v) is 15.0. The summed E-state index contributed by atoms with van der Waals surface area (Å²) in [5, 5.41) is 7.30. The van der Waals surface area contributed by atoms with E-state index < -0.39 is 5.54 Å². The molecule has 2 heterocycles. The third-order valence-corrected chi connectivity index (χ3v) is 5.36. The highest BCUT2D eigenvalue weighted by atomic mass is 35.5. The molecule has 2 aliphatic rings. The van der Waals surface area contributed by atoms with Crippen molar-refractivity contribution in [1.29, 1.82) is 0 Å². The Labute approximate surface area is 152 Å². The molecule has 7 heteroatoms. The average Bonchev–Trinajstić information content (AvgIpc) is 2.60. The fraction of sp³-hybridized carbons (Fsp3) is 0.588. The van der Waals surface area contributed by atoms with Crippen molar-refractivity contribution in [3.63, 3.8) is 0 Å². The van der Waals surface area contributed by atoms with Crippen molar-refractivity contribution < 1.29 is 14.3 Å². The highest BCUT2D eigenvalue weighted by molar-refractivity contribution is 6.42. The lowest BCUT2D eigenvalue weighted by Crippen LogP contribution is -2.59. The number of amides is 1. The van der Waals surface area contributed by atoms with Gasteiger partial charge in [0.05, 0.1) is 28.7 Å². The van der Waals surface area contributed by atoms with Crippen LogP contribution in [0.4, 0.5) is 0 Å². The molecule has 0 bridgehead atoms. The van der Waals surface area contributed by atoms with Crippen LogP contribution in [0.2, 0.25) is 10.0 Å². The number of carbonyl (C=O) groups is 1. The number of piperazine rings is 1. The van der Waals surface area contributed by atoms with Crippen LogP contribution in [0.25, 0.3) is 0 Å². The van der Waals surface area contributed by atoms with E-state index in [-0.39, 0.29) is 18.7 Å². The second-order valence-corrected chi connectivity index (χ2v) is 7.07. The monoisotopic (exact) mass is 372 g/mol. The SMILES string of the molecule is O=C1CNC(CCOC2CCCCO2)(c2ccc(Cl)c(Cl)c2)CN1. The van der Waals surface area contributed by atoms with E-state index in [9.17, 15) is 4.79 Å². The highest BCUT2D eigenvalue weighted by Gasteiger charge is 2.36. The van der Waals surface area contributed by atoms with Crippen molar-refractivity contribution in [2.45, 2.75) is 37.5 Å². The van der Waals surface area contributed by atoms with Crippen molar-refractivity contribution in [2.24, 2.45) is 0 Å². The first kappa shape index (κ1) is 18.0. The summed E-state index contributed by atoms with van der Waals surface area (Å²) < 4.78 is 11.5. The zero-order chi connectivity index (χ0) is 17.0. The van der Waals surface area contributed by atoms with E-state index in [1.54, 1.807) is 6.07 Å². The number of nitrogens with one attached hydrogen (secondary N) is 2. The minimum absolute atomic E-state index is 0.0118. The van der Waals surface area contributed by atoms with Gasteiger partial charge in [0.1, 0.15) is 0 Å². The molecule has 2 aliphatic heterocycles. The highest BCUT2D eigenvalue weighted by Crippen LogP contribution is 2.32. The van der Waals surface area contributed by atoms with Gasteiger partial charge in [-0.15, -0.1) is 0 Å². The van der Waals surface area contributed by atoms with Crippen molar-refractivity contribution in [3.05, 3.63) is 33.8 Å². The summed E-state index contributed by atoms with van der Waals surface area (Å²) in [5.74, 6) is -0.0118. The smallest absolute Gasteiger partial charge is 0.234 e. The topological polar surface area (TPSA) is 59.6 Å². The van der Waals surface area contributed by atoms with E-state index in [0.29, 0.717) is 29.6 Å². The van der Waals surface area contributed by atoms with Crippen molar-refractivity contribution in [1.82, 2.24) is 10.6 Å². The second kappa shape index (κ2) is 8.02. The van der Waals surface area contributed by atoms with Gasteiger partial charge in [0.2, 0.25) is 5.91 Å². The van der Waals surface area contributed by atoms with Crippen LogP contribution < -0.4 is 10.6 Å². The number of hydrogen-bond donors (Lipinski definition) is 2. The molecule has 3 rings (SSSR count). The number of ether oxygens (including phenoxy) is 2. The number of carbonyl (C=O) groups excluding carboxylic acids is 1. The van der Waals surface area contributed by atoms with Gasteiger partial charge in [-0.05, 0) is 43.4 Å².